The fourth-order valence-electron chi connectivity index (χ4n) is 1.93. The van der Waals surface area contributed by atoms with Gasteiger partial charge in [0, 0.05) is 24.2 Å². The van der Waals surface area contributed by atoms with Gasteiger partial charge in [-0.05, 0) is 26.8 Å². The molecule has 0 heterocycles. The lowest BCUT2D eigenvalue weighted by Gasteiger charge is -2.21. The molecule has 0 fully saturated rings. The average Bonchev–Trinajstić information content (AvgIpc) is 2.44. The number of nitrogens with one attached hydrogen (secondary N) is 2. The molecule has 1 amide bonds. The Kier molecular flexibility index (Phi) is 9.37. The Balaban J connectivity index is 0.00000484. The van der Waals surface area contributed by atoms with Gasteiger partial charge in [-0.15, -0.1) is 19.0 Å². The van der Waals surface area contributed by atoms with Crippen molar-refractivity contribution in [3.8, 4) is 11.5 Å². The van der Waals surface area contributed by atoms with Crippen LogP contribution in [-0.4, -0.2) is 31.7 Å². The van der Waals surface area contributed by atoms with Crippen molar-refractivity contribution in [1.82, 2.24) is 10.6 Å². The van der Waals surface area contributed by atoms with Crippen LogP contribution in [0.5, 0.6) is 11.5 Å². The zero-order chi connectivity index (χ0) is 16.6. The minimum Gasteiger partial charge on any atom is -0.493 e. The van der Waals surface area contributed by atoms with Crippen molar-refractivity contribution in [2.45, 2.75) is 32.9 Å². The molecular weight excluding hydrogens is 316 g/mol. The third kappa shape index (κ3) is 7.90. The Hall–Kier alpha value is -1.72. The van der Waals surface area contributed by atoms with E-state index in [1.54, 1.807) is 13.2 Å². The molecule has 2 N–H and O–H groups in total. The molecule has 0 atom stereocenters. The molecule has 130 valence electrons. The molecule has 0 radical (unpaired) electrons. The van der Waals surface area contributed by atoms with Crippen molar-refractivity contribution < 1.29 is 14.3 Å². The number of ether oxygens (including phenoxy) is 2. The van der Waals surface area contributed by atoms with E-state index in [-0.39, 0.29) is 30.5 Å². The van der Waals surface area contributed by atoms with E-state index in [0.717, 1.165) is 5.56 Å². The van der Waals surface area contributed by atoms with Gasteiger partial charge in [-0.1, -0.05) is 18.2 Å². The van der Waals surface area contributed by atoms with Gasteiger partial charge >= 0.3 is 0 Å². The van der Waals surface area contributed by atoms with Crippen molar-refractivity contribution in [3.05, 3.63) is 36.4 Å². The van der Waals surface area contributed by atoms with Gasteiger partial charge in [0.1, 0.15) is 0 Å². The number of hydrogen-bond donors (Lipinski definition) is 2. The summed E-state index contributed by atoms with van der Waals surface area (Å²) in [7, 11) is 1.58. The summed E-state index contributed by atoms with van der Waals surface area (Å²) in [4.78, 5) is 11.9. The number of para-hydroxylation sites is 1. The molecule has 0 aliphatic rings. The van der Waals surface area contributed by atoms with Crippen LogP contribution in [0.4, 0.5) is 0 Å². The molecule has 0 aliphatic carbocycles. The van der Waals surface area contributed by atoms with Crippen LogP contribution >= 0.6 is 12.4 Å². The molecule has 0 aliphatic heterocycles. The molecule has 23 heavy (non-hydrogen) atoms. The normalized spacial score (nSPS) is 10.4. The Labute approximate surface area is 144 Å². The monoisotopic (exact) mass is 342 g/mol. The molecule has 1 aromatic carbocycles. The zero-order valence-electron chi connectivity index (χ0n) is 14.3. The number of hydrogen-bond acceptors (Lipinski definition) is 4. The van der Waals surface area contributed by atoms with Crippen LogP contribution in [0.15, 0.2) is 30.9 Å². The first-order chi connectivity index (χ1) is 10.4. The van der Waals surface area contributed by atoms with Crippen molar-refractivity contribution in [2.24, 2.45) is 0 Å². The molecule has 1 rings (SSSR count). The maximum atomic E-state index is 11.9. The fourth-order valence-corrected chi connectivity index (χ4v) is 1.93. The quantitative estimate of drug-likeness (QED) is 0.563. The zero-order valence-corrected chi connectivity index (χ0v) is 15.1. The minimum atomic E-state index is -0.282. The molecule has 0 spiro atoms. The second-order valence-corrected chi connectivity index (χ2v) is 5.95. The van der Waals surface area contributed by atoms with Crippen molar-refractivity contribution in [3.63, 3.8) is 0 Å². The SMILES string of the molecule is C=CCNCc1cccc(OC)c1OCC(=O)NC(C)(C)C.Cl. The highest BCUT2D eigenvalue weighted by Gasteiger charge is 2.16. The first-order valence-corrected chi connectivity index (χ1v) is 7.28. The molecule has 6 heteroatoms. The number of rotatable bonds is 8. The van der Waals surface area contributed by atoms with Crippen LogP contribution in [-0.2, 0) is 11.3 Å². The number of carbonyl (C=O) groups is 1. The summed E-state index contributed by atoms with van der Waals surface area (Å²) in [5.41, 5.74) is 0.653. The van der Waals surface area contributed by atoms with Crippen LogP contribution < -0.4 is 20.1 Å². The van der Waals surface area contributed by atoms with Gasteiger partial charge < -0.3 is 20.1 Å². The Morgan fingerprint density at radius 3 is 2.61 bits per heavy atom. The Morgan fingerprint density at radius 2 is 2.04 bits per heavy atom. The van der Waals surface area contributed by atoms with E-state index in [2.05, 4.69) is 17.2 Å². The summed E-state index contributed by atoms with van der Waals surface area (Å²) in [6.45, 7) is 10.7. The second-order valence-electron chi connectivity index (χ2n) is 5.95. The largest absolute Gasteiger partial charge is 0.493 e. The van der Waals surface area contributed by atoms with E-state index in [1.165, 1.54) is 0 Å². The van der Waals surface area contributed by atoms with E-state index < -0.39 is 0 Å². The van der Waals surface area contributed by atoms with Crippen LogP contribution in [0.1, 0.15) is 26.3 Å². The molecule has 0 bridgehead atoms. The van der Waals surface area contributed by atoms with Gasteiger partial charge in [0.25, 0.3) is 5.91 Å². The van der Waals surface area contributed by atoms with E-state index in [4.69, 9.17) is 9.47 Å². The highest BCUT2D eigenvalue weighted by atomic mass is 35.5. The number of benzene rings is 1. The van der Waals surface area contributed by atoms with E-state index in [0.29, 0.717) is 24.6 Å². The topological polar surface area (TPSA) is 59.6 Å². The van der Waals surface area contributed by atoms with Gasteiger partial charge in [0.15, 0.2) is 18.1 Å². The Morgan fingerprint density at radius 1 is 1.35 bits per heavy atom. The summed E-state index contributed by atoms with van der Waals surface area (Å²) in [5.74, 6) is 1.04. The maximum Gasteiger partial charge on any atom is 0.258 e. The molecule has 1 aromatic rings. The molecule has 5 nitrogen and oxygen atoms in total. The molecule has 0 saturated carbocycles. The van der Waals surface area contributed by atoms with Gasteiger partial charge in [0.2, 0.25) is 0 Å². The predicted octanol–water partition coefficient (Wildman–Crippen LogP) is 2.69. The van der Waals surface area contributed by atoms with Gasteiger partial charge in [-0.25, -0.2) is 0 Å². The lowest BCUT2D eigenvalue weighted by molar-refractivity contribution is -0.124. The van der Waals surface area contributed by atoms with Gasteiger partial charge in [-0.2, -0.15) is 0 Å². The molecule has 0 aromatic heterocycles. The summed E-state index contributed by atoms with van der Waals surface area (Å²) < 4.78 is 11.0. The summed E-state index contributed by atoms with van der Waals surface area (Å²) in [6.07, 6.45) is 1.79. The smallest absolute Gasteiger partial charge is 0.258 e. The van der Waals surface area contributed by atoms with E-state index in [9.17, 15) is 4.79 Å². The number of methoxy groups -OCH3 is 1. The van der Waals surface area contributed by atoms with Crippen LogP contribution in [0, 0.1) is 0 Å². The third-order valence-corrected chi connectivity index (χ3v) is 2.75. The highest BCUT2D eigenvalue weighted by Crippen LogP contribution is 2.31. The van der Waals surface area contributed by atoms with Crippen molar-refractivity contribution in [2.75, 3.05) is 20.3 Å². The minimum absolute atomic E-state index is 0. The van der Waals surface area contributed by atoms with Crippen molar-refractivity contribution in [1.29, 1.82) is 0 Å². The first-order valence-electron chi connectivity index (χ1n) is 7.28. The lowest BCUT2D eigenvalue weighted by Crippen LogP contribution is -2.43. The second kappa shape index (κ2) is 10.1. The summed E-state index contributed by atoms with van der Waals surface area (Å²) >= 11 is 0. The average molecular weight is 343 g/mol. The van der Waals surface area contributed by atoms with Crippen LogP contribution in [0.25, 0.3) is 0 Å². The van der Waals surface area contributed by atoms with Crippen molar-refractivity contribution >= 4 is 18.3 Å². The first kappa shape index (κ1) is 21.3. The van der Waals surface area contributed by atoms with E-state index >= 15 is 0 Å². The number of amides is 1. The standard InChI is InChI=1S/C17H26N2O3.ClH/c1-6-10-18-11-13-8-7-9-14(21-5)16(13)22-12-15(20)19-17(2,3)4;/h6-9,18H,1,10-12H2,2-5H3,(H,19,20);1H. The van der Waals surface area contributed by atoms with Gasteiger partial charge in [-0.3, -0.25) is 4.79 Å². The summed E-state index contributed by atoms with van der Waals surface area (Å²) in [6, 6.07) is 5.65. The third-order valence-electron chi connectivity index (χ3n) is 2.75. The molecular formula is C17H27ClN2O3. The highest BCUT2D eigenvalue weighted by molar-refractivity contribution is 5.85. The fraction of sp³-hybridized carbons (Fsp3) is 0.471. The van der Waals surface area contributed by atoms with E-state index in [1.807, 2.05) is 39.0 Å². The molecule has 0 unspecified atom stereocenters. The van der Waals surface area contributed by atoms with Gasteiger partial charge in [0.05, 0.1) is 7.11 Å². The maximum absolute atomic E-state index is 11.9. The Bertz CT molecular complexity index is 513. The predicted molar refractivity (Wildman–Crippen MR) is 95.5 cm³/mol. The summed E-state index contributed by atoms with van der Waals surface area (Å²) in [5, 5.41) is 6.08. The van der Waals surface area contributed by atoms with Crippen LogP contribution in [0.2, 0.25) is 0 Å². The van der Waals surface area contributed by atoms with Crippen LogP contribution in [0.3, 0.4) is 0 Å². The number of carbonyl (C=O) groups excluding carboxylic acids is 1. The molecule has 0 saturated heterocycles. The number of halogens is 1. The lowest BCUT2D eigenvalue weighted by atomic mass is 10.1.